The molecule has 2 heteroatoms. The van der Waals surface area contributed by atoms with Gasteiger partial charge < -0.3 is 4.74 Å². The van der Waals surface area contributed by atoms with Crippen LogP contribution in [0, 0.1) is 10.8 Å². The van der Waals surface area contributed by atoms with Gasteiger partial charge in [0.25, 0.3) is 0 Å². The zero-order valence-electron chi connectivity index (χ0n) is 8.84. The highest BCUT2D eigenvalue weighted by Crippen LogP contribution is 2.67. The zero-order chi connectivity index (χ0) is 10.2. The van der Waals surface area contributed by atoms with Crippen molar-refractivity contribution in [3.05, 3.63) is 12.7 Å². The molecule has 2 atom stereocenters. The van der Waals surface area contributed by atoms with E-state index in [1.165, 1.54) is 0 Å². The predicted molar refractivity (Wildman–Crippen MR) is 54.8 cm³/mol. The van der Waals surface area contributed by atoms with Gasteiger partial charge >= 0.3 is 5.97 Å². The number of ether oxygens (including phenoxy) is 1. The Bertz CT molecular complexity index is 271. The maximum atomic E-state index is 11.9. The number of allylic oxidation sites excluding steroid dienone is 1. The molecule has 2 fully saturated rings. The fourth-order valence-corrected chi connectivity index (χ4v) is 3.27. The highest BCUT2D eigenvalue weighted by atomic mass is 16.5. The standard InChI is InChI=1S/C12H18O2/c1-3-11-6-5-7-12(11,9-8-11)10(13)14-4-2/h3H,1,4-9H2,2H3. The summed E-state index contributed by atoms with van der Waals surface area (Å²) in [4.78, 5) is 11.9. The first-order valence-corrected chi connectivity index (χ1v) is 5.52. The van der Waals surface area contributed by atoms with Crippen molar-refractivity contribution in [2.45, 2.75) is 39.0 Å². The van der Waals surface area contributed by atoms with Crippen LogP contribution in [0.15, 0.2) is 12.7 Å². The molecular formula is C12H18O2. The number of esters is 1. The molecule has 2 nitrogen and oxygen atoms in total. The minimum atomic E-state index is -0.190. The molecule has 0 radical (unpaired) electrons. The molecule has 0 bridgehead atoms. The topological polar surface area (TPSA) is 26.3 Å². The van der Waals surface area contributed by atoms with E-state index in [2.05, 4.69) is 6.58 Å². The van der Waals surface area contributed by atoms with E-state index in [0.717, 1.165) is 32.1 Å². The second-order valence-corrected chi connectivity index (χ2v) is 4.52. The van der Waals surface area contributed by atoms with Crippen molar-refractivity contribution in [2.24, 2.45) is 10.8 Å². The van der Waals surface area contributed by atoms with Gasteiger partial charge in [-0.15, -0.1) is 6.58 Å². The molecule has 0 amide bonds. The number of hydrogen-bond acceptors (Lipinski definition) is 2. The third-order valence-electron chi connectivity index (χ3n) is 4.23. The van der Waals surface area contributed by atoms with Crippen molar-refractivity contribution in [3.8, 4) is 0 Å². The molecule has 2 saturated carbocycles. The van der Waals surface area contributed by atoms with Gasteiger partial charge in [0.05, 0.1) is 12.0 Å². The average molecular weight is 194 g/mol. The molecule has 0 aromatic rings. The summed E-state index contributed by atoms with van der Waals surface area (Å²) in [5, 5.41) is 0. The summed E-state index contributed by atoms with van der Waals surface area (Å²) in [6, 6.07) is 0. The SMILES string of the molecule is C=CC12CCCC1(C(=O)OCC)CC2. The van der Waals surface area contributed by atoms with E-state index in [9.17, 15) is 4.79 Å². The molecular weight excluding hydrogens is 176 g/mol. The lowest BCUT2D eigenvalue weighted by molar-refractivity contribution is -0.171. The van der Waals surface area contributed by atoms with E-state index in [4.69, 9.17) is 4.74 Å². The Labute approximate surface area is 85.3 Å². The Kier molecular flexibility index (Phi) is 2.17. The maximum Gasteiger partial charge on any atom is 0.312 e. The van der Waals surface area contributed by atoms with Gasteiger partial charge in [-0.2, -0.15) is 0 Å². The lowest BCUT2D eigenvalue weighted by Gasteiger charge is -2.52. The third-order valence-corrected chi connectivity index (χ3v) is 4.23. The molecule has 14 heavy (non-hydrogen) atoms. The van der Waals surface area contributed by atoms with Gasteiger partial charge in [-0.3, -0.25) is 4.79 Å². The van der Waals surface area contributed by atoms with Crippen LogP contribution < -0.4 is 0 Å². The highest BCUT2D eigenvalue weighted by Gasteiger charge is 2.64. The van der Waals surface area contributed by atoms with Crippen LogP contribution in [0.2, 0.25) is 0 Å². The van der Waals surface area contributed by atoms with Gasteiger partial charge in [0.15, 0.2) is 0 Å². The number of hydrogen-bond donors (Lipinski definition) is 0. The van der Waals surface area contributed by atoms with Crippen LogP contribution in [0.25, 0.3) is 0 Å². The van der Waals surface area contributed by atoms with E-state index < -0.39 is 0 Å². The second-order valence-electron chi connectivity index (χ2n) is 4.52. The first-order chi connectivity index (χ1) is 6.71. The van der Waals surface area contributed by atoms with Crippen LogP contribution in [-0.2, 0) is 9.53 Å². The summed E-state index contributed by atoms with van der Waals surface area (Å²) in [5.41, 5.74) is -0.107. The maximum absolute atomic E-state index is 11.9. The van der Waals surface area contributed by atoms with Gasteiger partial charge in [-0.25, -0.2) is 0 Å². The Morgan fingerprint density at radius 2 is 2.21 bits per heavy atom. The van der Waals surface area contributed by atoms with Crippen LogP contribution >= 0.6 is 0 Å². The summed E-state index contributed by atoms with van der Waals surface area (Å²) >= 11 is 0. The summed E-state index contributed by atoms with van der Waals surface area (Å²) in [5.74, 6) is 0.0173. The summed E-state index contributed by atoms with van der Waals surface area (Å²) in [6.45, 7) is 6.26. The second kappa shape index (κ2) is 3.11. The van der Waals surface area contributed by atoms with Crippen LogP contribution in [0.3, 0.4) is 0 Å². The van der Waals surface area contributed by atoms with Gasteiger partial charge in [-0.1, -0.05) is 12.5 Å². The lowest BCUT2D eigenvalue weighted by Crippen LogP contribution is -2.52. The van der Waals surface area contributed by atoms with Gasteiger partial charge in [0.1, 0.15) is 0 Å². The minimum absolute atomic E-state index is 0.0173. The van der Waals surface area contributed by atoms with E-state index >= 15 is 0 Å². The molecule has 2 aliphatic carbocycles. The largest absolute Gasteiger partial charge is 0.466 e. The monoisotopic (exact) mass is 194 g/mol. The van der Waals surface area contributed by atoms with Crippen molar-refractivity contribution >= 4 is 5.97 Å². The Hall–Kier alpha value is -0.790. The molecule has 0 N–H and O–H groups in total. The van der Waals surface area contributed by atoms with Crippen molar-refractivity contribution in [1.29, 1.82) is 0 Å². The molecule has 0 aliphatic heterocycles. The van der Waals surface area contributed by atoms with Gasteiger partial charge in [0.2, 0.25) is 0 Å². The smallest absolute Gasteiger partial charge is 0.312 e. The van der Waals surface area contributed by atoms with E-state index in [1.807, 2.05) is 13.0 Å². The van der Waals surface area contributed by atoms with Crippen LogP contribution in [0.1, 0.15) is 39.0 Å². The third kappa shape index (κ3) is 0.943. The zero-order valence-corrected chi connectivity index (χ0v) is 8.84. The van der Waals surface area contributed by atoms with Crippen LogP contribution in [0.4, 0.5) is 0 Å². The molecule has 0 aromatic heterocycles. The number of rotatable bonds is 3. The van der Waals surface area contributed by atoms with Crippen molar-refractivity contribution in [2.75, 3.05) is 6.61 Å². The molecule has 78 valence electrons. The molecule has 0 spiro atoms. The highest BCUT2D eigenvalue weighted by molar-refractivity contribution is 5.80. The molecule has 2 rings (SSSR count). The minimum Gasteiger partial charge on any atom is -0.466 e. The van der Waals surface area contributed by atoms with Crippen molar-refractivity contribution in [3.63, 3.8) is 0 Å². The van der Waals surface area contributed by atoms with E-state index in [0.29, 0.717) is 6.61 Å². The van der Waals surface area contributed by atoms with Gasteiger partial charge in [0, 0.05) is 5.41 Å². The molecule has 0 heterocycles. The number of fused-ring (bicyclic) bond motifs is 1. The van der Waals surface area contributed by atoms with Crippen molar-refractivity contribution < 1.29 is 9.53 Å². The molecule has 2 aliphatic rings. The fourth-order valence-electron chi connectivity index (χ4n) is 3.27. The lowest BCUT2D eigenvalue weighted by atomic mass is 9.51. The molecule has 0 saturated heterocycles. The predicted octanol–water partition coefficient (Wildman–Crippen LogP) is 2.69. The van der Waals surface area contributed by atoms with E-state index in [-0.39, 0.29) is 16.8 Å². The summed E-state index contributed by atoms with van der Waals surface area (Å²) < 4.78 is 5.19. The number of carbonyl (C=O) groups excluding carboxylic acids is 1. The normalized spacial score (nSPS) is 39.8. The Morgan fingerprint density at radius 3 is 2.71 bits per heavy atom. The van der Waals surface area contributed by atoms with E-state index in [1.54, 1.807) is 0 Å². The first kappa shape index (κ1) is 9.75. The quantitative estimate of drug-likeness (QED) is 0.510. The summed E-state index contributed by atoms with van der Waals surface area (Å²) in [6.07, 6.45) is 7.38. The first-order valence-electron chi connectivity index (χ1n) is 5.52. The summed E-state index contributed by atoms with van der Waals surface area (Å²) in [7, 11) is 0. The van der Waals surface area contributed by atoms with Crippen LogP contribution in [0.5, 0.6) is 0 Å². The van der Waals surface area contributed by atoms with Crippen molar-refractivity contribution in [1.82, 2.24) is 0 Å². The number of carbonyl (C=O) groups is 1. The fraction of sp³-hybridized carbons (Fsp3) is 0.750. The van der Waals surface area contributed by atoms with Crippen LogP contribution in [-0.4, -0.2) is 12.6 Å². The molecule has 0 aromatic carbocycles. The average Bonchev–Trinajstić information content (AvgIpc) is 2.41. The Morgan fingerprint density at radius 1 is 1.43 bits per heavy atom. The van der Waals surface area contributed by atoms with Gasteiger partial charge in [-0.05, 0) is 32.6 Å². The molecule has 2 unspecified atom stereocenters. The Balaban J connectivity index is 2.23.